The van der Waals surface area contributed by atoms with Crippen molar-refractivity contribution < 1.29 is 0 Å². The largest absolute Gasteiger partial charge is 0.348 e. The zero-order valence-electron chi connectivity index (χ0n) is 8.70. The molecule has 2 aromatic rings. The third-order valence-corrected chi connectivity index (χ3v) is 4.34. The number of halogens is 1. The predicted molar refractivity (Wildman–Crippen MR) is 62.6 cm³/mol. The average molecular weight is 231 g/mol. The van der Waals surface area contributed by atoms with E-state index in [-0.39, 0.29) is 5.41 Å². The highest BCUT2D eigenvalue weighted by Gasteiger charge is 2.61. The Morgan fingerprint density at radius 1 is 1.44 bits per heavy atom. The molecule has 2 nitrogen and oxygen atoms in total. The lowest BCUT2D eigenvalue weighted by molar-refractivity contribution is 0.742. The van der Waals surface area contributed by atoms with E-state index in [1.54, 1.807) is 6.33 Å². The zero-order valence-corrected chi connectivity index (χ0v) is 9.46. The number of hydrogen-bond donors (Lipinski definition) is 1. The lowest BCUT2D eigenvalue weighted by Gasteiger charge is -2.13. The smallest absolute Gasteiger partial charge is 0.0922 e. The molecule has 1 aromatic heterocycles. The maximum absolute atomic E-state index is 6.10. The first kappa shape index (κ1) is 8.82. The van der Waals surface area contributed by atoms with Crippen LogP contribution in [0.15, 0.2) is 30.7 Å². The van der Waals surface area contributed by atoms with Crippen molar-refractivity contribution in [3.05, 3.63) is 52.6 Å². The van der Waals surface area contributed by atoms with Crippen LogP contribution in [-0.2, 0) is 11.8 Å². The lowest BCUT2D eigenvalue weighted by atomic mass is 9.93. The molecular formula is C13H11ClN2. The van der Waals surface area contributed by atoms with Gasteiger partial charge in [-0.2, -0.15) is 0 Å². The molecule has 1 saturated carbocycles. The summed E-state index contributed by atoms with van der Waals surface area (Å²) in [5.74, 6) is 0.751. The number of imidazole rings is 1. The predicted octanol–water partition coefficient (Wildman–Crippen LogP) is 2.93. The number of aromatic amines is 1. The Bertz CT molecular complexity index is 561. The normalized spacial score (nSPS) is 29.9. The molecule has 0 bridgehead atoms. The minimum atomic E-state index is 0.205. The maximum Gasteiger partial charge on any atom is 0.0922 e. The monoisotopic (exact) mass is 230 g/mol. The molecule has 0 amide bonds. The third kappa shape index (κ3) is 0.914. The number of aromatic nitrogens is 2. The number of fused-ring (bicyclic) bond motifs is 3. The van der Waals surface area contributed by atoms with E-state index >= 15 is 0 Å². The van der Waals surface area contributed by atoms with Crippen molar-refractivity contribution in [2.75, 3.05) is 0 Å². The van der Waals surface area contributed by atoms with Crippen LogP contribution < -0.4 is 0 Å². The van der Waals surface area contributed by atoms with E-state index in [2.05, 4.69) is 22.1 Å². The summed E-state index contributed by atoms with van der Waals surface area (Å²) in [5, 5.41) is 0.838. The van der Waals surface area contributed by atoms with Gasteiger partial charge in [0.05, 0.1) is 6.33 Å². The quantitative estimate of drug-likeness (QED) is 0.802. The van der Waals surface area contributed by atoms with E-state index in [4.69, 9.17) is 11.6 Å². The number of nitrogens with zero attached hydrogens (tertiary/aromatic N) is 1. The van der Waals surface area contributed by atoms with Crippen LogP contribution in [0.4, 0.5) is 0 Å². The molecule has 2 aliphatic rings. The molecule has 2 unspecified atom stereocenters. The van der Waals surface area contributed by atoms with Gasteiger partial charge in [-0.3, -0.25) is 0 Å². The second kappa shape index (κ2) is 2.69. The first-order valence-electron chi connectivity index (χ1n) is 5.58. The van der Waals surface area contributed by atoms with Crippen LogP contribution in [0.25, 0.3) is 0 Å². The van der Waals surface area contributed by atoms with Crippen molar-refractivity contribution in [3.63, 3.8) is 0 Å². The molecule has 0 radical (unpaired) electrons. The molecule has 2 atom stereocenters. The van der Waals surface area contributed by atoms with E-state index in [1.807, 2.05) is 12.3 Å². The van der Waals surface area contributed by atoms with Crippen molar-refractivity contribution in [1.29, 1.82) is 0 Å². The molecule has 1 fully saturated rings. The molecule has 0 saturated heterocycles. The molecule has 3 heteroatoms. The summed E-state index contributed by atoms with van der Waals surface area (Å²) in [6, 6.07) is 6.29. The second-order valence-corrected chi connectivity index (χ2v) is 5.28. The molecule has 80 valence electrons. The second-order valence-electron chi connectivity index (χ2n) is 4.84. The minimum absolute atomic E-state index is 0.205. The number of rotatable bonds is 1. The number of hydrogen-bond acceptors (Lipinski definition) is 1. The highest BCUT2D eigenvalue weighted by atomic mass is 35.5. The van der Waals surface area contributed by atoms with Gasteiger partial charge in [-0.1, -0.05) is 17.7 Å². The van der Waals surface area contributed by atoms with Gasteiger partial charge in [0.2, 0.25) is 0 Å². The van der Waals surface area contributed by atoms with Crippen LogP contribution in [0.2, 0.25) is 5.02 Å². The van der Waals surface area contributed by atoms with Gasteiger partial charge in [0.25, 0.3) is 0 Å². The summed E-state index contributed by atoms with van der Waals surface area (Å²) < 4.78 is 0. The van der Waals surface area contributed by atoms with Crippen molar-refractivity contribution in [2.24, 2.45) is 5.92 Å². The SMILES string of the molecule is Clc1ccc2c(c1)C1(c3cnc[nH]3)CC1C2. The Balaban J connectivity index is 1.94. The molecule has 1 aromatic carbocycles. The van der Waals surface area contributed by atoms with Gasteiger partial charge in [0.1, 0.15) is 0 Å². The third-order valence-electron chi connectivity index (χ3n) is 4.10. The van der Waals surface area contributed by atoms with Crippen molar-refractivity contribution in [1.82, 2.24) is 9.97 Å². The van der Waals surface area contributed by atoms with Crippen LogP contribution in [-0.4, -0.2) is 9.97 Å². The van der Waals surface area contributed by atoms with E-state index < -0.39 is 0 Å². The van der Waals surface area contributed by atoms with Gasteiger partial charge >= 0.3 is 0 Å². The summed E-state index contributed by atoms with van der Waals surface area (Å²) in [7, 11) is 0. The highest BCUT2D eigenvalue weighted by Crippen LogP contribution is 2.65. The van der Waals surface area contributed by atoms with Gasteiger partial charge in [-0.05, 0) is 42.0 Å². The van der Waals surface area contributed by atoms with E-state index in [0.29, 0.717) is 0 Å². The summed E-state index contributed by atoms with van der Waals surface area (Å²) in [6.07, 6.45) is 6.14. The lowest BCUT2D eigenvalue weighted by Crippen LogP contribution is -2.09. The maximum atomic E-state index is 6.10. The van der Waals surface area contributed by atoms with Crippen LogP contribution >= 0.6 is 11.6 Å². The average Bonchev–Trinajstić information content (AvgIpc) is 2.70. The fourth-order valence-corrected chi connectivity index (χ4v) is 3.46. The van der Waals surface area contributed by atoms with Gasteiger partial charge in [0, 0.05) is 22.3 Å². The van der Waals surface area contributed by atoms with Gasteiger partial charge < -0.3 is 4.98 Å². The van der Waals surface area contributed by atoms with Gasteiger partial charge in [0.15, 0.2) is 0 Å². The van der Waals surface area contributed by atoms with Gasteiger partial charge in [-0.25, -0.2) is 4.98 Å². The van der Waals surface area contributed by atoms with Crippen molar-refractivity contribution in [3.8, 4) is 0 Å². The summed E-state index contributed by atoms with van der Waals surface area (Å²) >= 11 is 6.10. The van der Waals surface area contributed by atoms with Crippen LogP contribution in [0.1, 0.15) is 23.2 Å². The van der Waals surface area contributed by atoms with Crippen LogP contribution in [0.3, 0.4) is 0 Å². The fraction of sp³-hybridized carbons (Fsp3) is 0.308. The molecule has 16 heavy (non-hydrogen) atoms. The number of H-pyrrole nitrogens is 1. The minimum Gasteiger partial charge on any atom is -0.348 e. The van der Waals surface area contributed by atoms with E-state index in [9.17, 15) is 0 Å². The molecule has 4 rings (SSSR count). The van der Waals surface area contributed by atoms with E-state index in [0.717, 1.165) is 10.9 Å². The van der Waals surface area contributed by atoms with Crippen LogP contribution in [0, 0.1) is 5.92 Å². The first-order valence-corrected chi connectivity index (χ1v) is 5.96. The Kier molecular flexibility index (Phi) is 1.48. The summed E-state index contributed by atoms with van der Waals surface area (Å²) in [4.78, 5) is 7.41. The number of benzene rings is 1. The molecule has 1 heterocycles. The molecule has 1 N–H and O–H groups in total. The molecule has 2 aliphatic carbocycles. The molecule has 0 spiro atoms. The van der Waals surface area contributed by atoms with E-state index in [1.165, 1.54) is 29.7 Å². The first-order chi connectivity index (χ1) is 7.80. The summed E-state index contributed by atoms with van der Waals surface area (Å²) in [6.45, 7) is 0. The molecule has 0 aliphatic heterocycles. The summed E-state index contributed by atoms with van der Waals surface area (Å²) in [5.41, 5.74) is 4.32. The number of nitrogens with one attached hydrogen (secondary N) is 1. The Hall–Kier alpha value is -1.28. The fourth-order valence-electron chi connectivity index (χ4n) is 3.29. The standard InChI is InChI=1S/C13H11ClN2/c14-10-2-1-8-3-9-5-13(9,11(8)4-10)12-6-15-7-16-12/h1-2,4,6-7,9H,3,5H2,(H,15,16). The highest BCUT2D eigenvalue weighted by molar-refractivity contribution is 6.30. The Morgan fingerprint density at radius 2 is 2.38 bits per heavy atom. The van der Waals surface area contributed by atoms with Crippen molar-refractivity contribution >= 4 is 11.6 Å². The zero-order chi connectivity index (χ0) is 10.8. The molecular weight excluding hydrogens is 220 g/mol. The van der Waals surface area contributed by atoms with Crippen LogP contribution in [0.5, 0.6) is 0 Å². The van der Waals surface area contributed by atoms with Crippen molar-refractivity contribution in [2.45, 2.75) is 18.3 Å². The Labute approximate surface area is 98.7 Å². The Morgan fingerprint density at radius 3 is 3.19 bits per heavy atom. The topological polar surface area (TPSA) is 28.7 Å². The van der Waals surface area contributed by atoms with Gasteiger partial charge in [-0.15, -0.1) is 0 Å².